The minimum Gasteiger partial charge on any atom is -0.271 e. The van der Waals surface area contributed by atoms with E-state index < -0.39 is 17.2 Å². The van der Waals surface area contributed by atoms with Gasteiger partial charge in [-0.05, 0) is 36.3 Å². The third-order valence-electron chi connectivity index (χ3n) is 0.155. The fourth-order valence-corrected chi connectivity index (χ4v) is 0. The van der Waals surface area contributed by atoms with Gasteiger partial charge in [-0.1, -0.05) is 0 Å². The first kappa shape index (κ1) is 14.3. The van der Waals surface area contributed by atoms with E-state index in [1.165, 1.54) is 0 Å². The van der Waals surface area contributed by atoms with Gasteiger partial charge >= 0.3 is 10.5 Å². The van der Waals surface area contributed by atoms with Gasteiger partial charge in [0.15, 0.2) is 0 Å². The SMILES string of the molecule is C[Si](C)(Cl)Cl.O=C(Cl)C(=O)Cl. The lowest BCUT2D eigenvalue weighted by Crippen LogP contribution is -2.02. The maximum absolute atomic E-state index is 9.43. The molecule has 0 aliphatic carbocycles. The van der Waals surface area contributed by atoms with Crippen molar-refractivity contribution in [3.63, 3.8) is 0 Å². The molecule has 0 aromatic heterocycles. The average molecular weight is 256 g/mol. The van der Waals surface area contributed by atoms with Crippen LogP contribution in [0.5, 0.6) is 0 Å². The van der Waals surface area contributed by atoms with Crippen LogP contribution in [0, 0.1) is 0 Å². The van der Waals surface area contributed by atoms with Gasteiger partial charge in [0.05, 0.1) is 0 Å². The molecule has 0 aliphatic heterocycles. The molecule has 0 bridgehead atoms. The topological polar surface area (TPSA) is 34.1 Å². The van der Waals surface area contributed by atoms with E-state index in [4.69, 9.17) is 22.2 Å². The van der Waals surface area contributed by atoms with E-state index in [2.05, 4.69) is 23.2 Å². The number of rotatable bonds is 1. The first-order valence-electron chi connectivity index (χ1n) is 2.41. The molecule has 0 amide bonds. The standard InChI is InChI=1S/C2Cl2O2.C2H6Cl2Si/c3-1(5)2(4)6;1-5(2,3)4/h;1-2H3. The Labute approximate surface area is 85.2 Å². The molecule has 0 aliphatic rings. The summed E-state index contributed by atoms with van der Waals surface area (Å²) >= 11 is 19.9. The number of halogens is 4. The summed E-state index contributed by atoms with van der Waals surface area (Å²) in [5, 5.41) is -2.28. The highest BCUT2D eigenvalue weighted by Gasteiger charge is 2.08. The summed E-state index contributed by atoms with van der Waals surface area (Å²) in [5.41, 5.74) is 0. The van der Waals surface area contributed by atoms with Gasteiger partial charge in [-0.3, -0.25) is 9.59 Å². The lowest BCUT2D eigenvalue weighted by molar-refractivity contribution is -0.127. The molecule has 0 aromatic rings. The number of hydrogen-bond donors (Lipinski definition) is 0. The van der Waals surface area contributed by atoms with Crippen molar-refractivity contribution >= 4 is 62.5 Å². The Bertz CT molecular complexity index is 135. The monoisotopic (exact) mass is 254 g/mol. The highest BCUT2D eigenvalue weighted by Crippen LogP contribution is 2.10. The molecular weight excluding hydrogens is 250 g/mol. The summed E-state index contributed by atoms with van der Waals surface area (Å²) < 4.78 is 0. The van der Waals surface area contributed by atoms with Crippen LogP contribution < -0.4 is 0 Å². The van der Waals surface area contributed by atoms with Crippen molar-refractivity contribution in [2.45, 2.75) is 13.1 Å². The van der Waals surface area contributed by atoms with Gasteiger partial charge in [-0.2, -0.15) is 0 Å². The second-order valence-electron chi connectivity index (χ2n) is 1.87. The lowest BCUT2D eigenvalue weighted by atomic mass is 10.9. The van der Waals surface area contributed by atoms with Crippen molar-refractivity contribution in [3.05, 3.63) is 0 Å². The van der Waals surface area contributed by atoms with E-state index in [9.17, 15) is 9.59 Å². The molecule has 0 saturated heterocycles. The van der Waals surface area contributed by atoms with Gasteiger partial charge in [0, 0.05) is 0 Å². The van der Waals surface area contributed by atoms with Crippen LogP contribution in [0.25, 0.3) is 0 Å². The molecule has 66 valence electrons. The van der Waals surface area contributed by atoms with Crippen LogP contribution >= 0.6 is 45.4 Å². The Hall–Kier alpha value is 0.717. The highest BCUT2D eigenvalue weighted by molar-refractivity contribution is 7.44. The third-order valence-corrected chi connectivity index (χ3v) is 0.595. The number of carbonyl (C=O) groups is 2. The summed E-state index contributed by atoms with van der Waals surface area (Å²) in [5.74, 6) is 0. The molecule has 0 unspecified atom stereocenters. The van der Waals surface area contributed by atoms with E-state index in [1.807, 2.05) is 13.1 Å². The molecule has 0 spiro atoms. The predicted molar refractivity (Wildman–Crippen MR) is 50.9 cm³/mol. The van der Waals surface area contributed by atoms with E-state index >= 15 is 0 Å². The zero-order valence-corrected chi connectivity index (χ0v) is 9.85. The third kappa shape index (κ3) is 36.6. The lowest BCUT2D eigenvalue weighted by Gasteiger charge is -1.93. The zero-order chi connectivity index (χ0) is 9.65. The van der Waals surface area contributed by atoms with Crippen LogP contribution in [0.3, 0.4) is 0 Å². The minimum atomic E-state index is -1.67. The molecule has 0 atom stereocenters. The van der Waals surface area contributed by atoms with Gasteiger partial charge in [0.25, 0.3) is 0 Å². The Morgan fingerprint density at radius 1 is 1.00 bits per heavy atom. The van der Waals surface area contributed by atoms with Crippen LogP contribution in [0.4, 0.5) is 0 Å². The molecule has 0 radical (unpaired) electrons. The van der Waals surface area contributed by atoms with Crippen molar-refractivity contribution in [3.8, 4) is 0 Å². The molecule has 0 saturated carbocycles. The fourth-order valence-electron chi connectivity index (χ4n) is 0. The van der Waals surface area contributed by atoms with E-state index in [1.54, 1.807) is 0 Å². The summed E-state index contributed by atoms with van der Waals surface area (Å²) in [6.07, 6.45) is 0. The smallest absolute Gasteiger partial charge is 0.271 e. The van der Waals surface area contributed by atoms with Crippen molar-refractivity contribution in [2.75, 3.05) is 0 Å². The van der Waals surface area contributed by atoms with Gasteiger partial charge < -0.3 is 0 Å². The van der Waals surface area contributed by atoms with Crippen molar-refractivity contribution < 1.29 is 9.59 Å². The van der Waals surface area contributed by atoms with E-state index in [0.29, 0.717) is 0 Å². The average Bonchev–Trinajstić information content (AvgIpc) is 1.59. The summed E-state index contributed by atoms with van der Waals surface area (Å²) in [6, 6.07) is 0. The Morgan fingerprint density at radius 2 is 1.09 bits per heavy atom. The summed E-state index contributed by atoms with van der Waals surface area (Å²) in [6.45, 7) is 2.05. The molecular formula is C4H6Cl4O2Si. The molecule has 0 N–H and O–H groups in total. The quantitative estimate of drug-likeness (QED) is 0.313. The van der Waals surface area contributed by atoms with E-state index in [0.717, 1.165) is 0 Å². The van der Waals surface area contributed by atoms with Crippen LogP contribution in [0.2, 0.25) is 13.1 Å². The molecule has 0 aromatic carbocycles. The molecule has 0 heterocycles. The maximum atomic E-state index is 9.43. The highest BCUT2D eigenvalue weighted by atomic mass is 35.7. The van der Waals surface area contributed by atoms with Gasteiger partial charge in [0.1, 0.15) is 0 Å². The van der Waals surface area contributed by atoms with Gasteiger partial charge in [0.2, 0.25) is 6.69 Å². The van der Waals surface area contributed by atoms with Crippen LogP contribution in [-0.2, 0) is 9.59 Å². The molecule has 0 fully saturated rings. The van der Waals surface area contributed by atoms with Gasteiger partial charge in [-0.15, -0.1) is 22.2 Å². The predicted octanol–water partition coefficient (Wildman–Crippen LogP) is 2.68. The van der Waals surface area contributed by atoms with Crippen molar-refractivity contribution in [1.82, 2.24) is 0 Å². The largest absolute Gasteiger partial charge is 0.304 e. The van der Waals surface area contributed by atoms with Crippen LogP contribution in [0.1, 0.15) is 0 Å². The molecule has 0 rings (SSSR count). The molecule has 7 heteroatoms. The summed E-state index contributed by atoms with van der Waals surface area (Å²) in [4.78, 5) is 18.9. The fraction of sp³-hybridized carbons (Fsp3) is 0.500. The van der Waals surface area contributed by atoms with Crippen molar-refractivity contribution in [2.24, 2.45) is 0 Å². The zero-order valence-electron chi connectivity index (χ0n) is 5.83. The Balaban J connectivity index is 0. The van der Waals surface area contributed by atoms with Gasteiger partial charge in [-0.25, -0.2) is 0 Å². The molecule has 2 nitrogen and oxygen atoms in total. The first-order chi connectivity index (χ1) is 4.64. The minimum absolute atomic E-state index is 1.14. The first-order valence-corrected chi connectivity index (χ1v) is 8.19. The van der Waals surface area contributed by atoms with Crippen LogP contribution in [-0.4, -0.2) is 17.2 Å². The van der Waals surface area contributed by atoms with Crippen molar-refractivity contribution in [1.29, 1.82) is 0 Å². The molecule has 11 heavy (non-hydrogen) atoms. The summed E-state index contributed by atoms with van der Waals surface area (Å²) in [7, 11) is 0. The number of hydrogen-bond acceptors (Lipinski definition) is 2. The second kappa shape index (κ2) is 6.26. The van der Waals surface area contributed by atoms with E-state index in [-0.39, 0.29) is 0 Å². The number of carbonyl (C=O) groups excluding carboxylic acids is 2. The second-order valence-corrected chi connectivity index (χ2v) is 11.5. The Kier molecular flexibility index (Phi) is 8.11. The maximum Gasteiger partial charge on any atom is 0.304 e. The van der Waals surface area contributed by atoms with Crippen LogP contribution in [0.15, 0.2) is 0 Å². The normalized spacial score (nSPS) is 9.64. The Morgan fingerprint density at radius 3 is 1.09 bits per heavy atom.